The van der Waals surface area contributed by atoms with Crippen molar-refractivity contribution < 1.29 is 38.9 Å². The van der Waals surface area contributed by atoms with E-state index in [1.807, 2.05) is 0 Å². The number of carbonyl (C=O) groups excluding carboxylic acids is 2. The predicted octanol–water partition coefficient (Wildman–Crippen LogP) is 1.76. The maximum atomic E-state index is 11.5. The number of carboxylic acids is 2. The van der Waals surface area contributed by atoms with Crippen molar-refractivity contribution in [2.75, 3.05) is 36.2 Å². The molecule has 0 saturated heterocycles. The van der Waals surface area contributed by atoms with Gasteiger partial charge in [-0.05, 0) is 0 Å². The normalized spacial score (nSPS) is 12.8. The second-order valence-electron chi connectivity index (χ2n) is 5.57. The lowest BCUT2D eigenvalue weighted by Gasteiger charge is -2.08. The Kier molecular flexibility index (Phi) is 13.9. The van der Waals surface area contributed by atoms with Gasteiger partial charge in [-0.2, -0.15) is 23.5 Å². The van der Waals surface area contributed by atoms with Crippen LogP contribution in [0.1, 0.15) is 26.7 Å². The summed E-state index contributed by atoms with van der Waals surface area (Å²) in [7, 11) is 0. The van der Waals surface area contributed by atoms with Gasteiger partial charge < -0.3 is 19.7 Å². The van der Waals surface area contributed by atoms with Gasteiger partial charge in [0, 0.05) is 23.0 Å². The Balaban J connectivity index is 3.54. The zero-order chi connectivity index (χ0) is 19.9. The molecule has 0 spiro atoms. The van der Waals surface area contributed by atoms with Crippen LogP contribution < -0.4 is 0 Å². The van der Waals surface area contributed by atoms with Crippen LogP contribution in [-0.4, -0.2) is 70.3 Å². The van der Waals surface area contributed by atoms with Crippen LogP contribution in [0.5, 0.6) is 0 Å². The first kappa shape index (κ1) is 24.6. The molecule has 8 nitrogen and oxygen atoms in total. The molecule has 0 aromatic heterocycles. The number of carbonyl (C=O) groups is 4. The van der Waals surface area contributed by atoms with Crippen molar-refractivity contribution >= 4 is 47.4 Å². The molecule has 2 unspecified atom stereocenters. The first-order chi connectivity index (χ1) is 12.2. The summed E-state index contributed by atoms with van der Waals surface area (Å²) in [6.45, 7) is 3.16. The maximum absolute atomic E-state index is 11.5. The van der Waals surface area contributed by atoms with Crippen LogP contribution in [0.4, 0.5) is 0 Å². The Hall–Kier alpha value is -1.42. The Bertz CT molecular complexity index is 427. The second-order valence-corrected chi connectivity index (χ2v) is 7.87. The second kappa shape index (κ2) is 14.7. The van der Waals surface area contributed by atoms with Crippen LogP contribution in [0.25, 0.3) is 0 Å². The molecule has 10 heteroatoms. The van der Waals surface area contributed by atoms with E-state index >= 15 is 0 Å². The third kappa shape index (κ3) is 13.8. The van der Waals surface area contributed by atoms with Crippen LogP contribution in [0.3, 0.4) is 0 Å². The first-order valence-electron chi connectivity index (χ1n) is 8.16. The van der Waals surface area contributed by atoms with Crippen molar-refractivity contribution in [3.8, 4) is 0 Å². The monoisotopic (exact) mass is 410 g/mol. The number of carboxylic acid groups (broad SMARTS) is 2. The van der Waals surface area contributed by atoms with Gasteiger partial charge >= 0.3 is 23.9 Å². The highest BCUT2D eigenvalue weighted by molar-refractivity contribution is 7.99. The van der Waals surface area contributed by atoms with Gasteiger partial charge in [-0.3, -0.25) is 19.2 Å². The van der Waals surface area contributed by atoms with Gasteiger partial charge in [-0.15, -0.1) is 0 Å². The zero-order valence-electron chi connectivity index (χ0n) is 15.0. The number of esters is 2. The molecule has 0 saturated carbocycles. The number of aliphatic carboxylic acids is 2. The zero-order valence-corrected chi connectivity index (χ0v) is 16.6. The van der Waals surface area contributed by atoms with Crippen LogP contribution >= 0.6 is 23.5 Å². The van der Waals surface area contributed by atoms with Crippen LogP contribution in [0.15, 0.2) is 0 Å². The van der Waals surface area contributed by atoms with E-state index in [1.54, 1.807) is 13.8 Å². The fourth-order valence-electron chi connectivity index (χ4n) is 1.43. The Morgan fingerprint density at radius 2 is 1.12 bits per heavy atom. The van der Waals surface area contributed by atoms with E-state index in [-0.39, 0.29) is 26.1 Å². The van der Waals surface area contributed by atoms with Gasteiger partial charge in [0.25, 0.3) is 0 Å². The predicted molar refractivity (Wildman–Crippen MR) is 99.4 cm³/mol. The van der Waals surface area contributed by atoms with Gasteiger partial charge in [0.05, 0.1) is 24.7 Å². The third-order valence-corrected chi connectivity index (χ3v) is 5.55. The highest BCUT2D eigenvalue weighted by Crippen LogP contribution is 2.11. The minimum absolute atomic E-state index is 0.0238. The SMILES string of the molecule is CC(CSCCC(=O)OCCOC(=O)CCSCC(C)C(=O)O)C(=O)O. The molecule has 2 N–H and O–H groups in total. The molecule has 2 atom stereocenters. The van der Waals surface area contributed by atoms with E-state index in [4.69, 9.17) is 19.7 Å². The van der Waals surface area contributed by atoms with Crippen molar-refractivity contribution in [2.45, 2.75) is 26.7 Å². The van der Waals surface area contributed by atoms with E-state index in [1.165, 1.54) is 23.5 Å². The molecule has 0 aliphatic rings. The lowest BCUT2D eigenvalue weighted by molar-refractivity contribution is -0.151. The number of rotatable bonds is 15. The van der Waals surface area contributed by atoms with Gasteiger partial charge in [0.15, 0.2) is 0 Å². The van der Waals surface area contributed by atoms with Crippen LogP contribution in [-0.2, 0) is 28.7 Å². The molecular formula is C16H26O8S2. The Labute approximate surface area is 161 Å². The van der Waals surface area contributed by atoms with E-state index in [0.29, 0.717) is 23.0 Å². The molecule has 0 radical (unpaired) electrons. The molecule has 0 aliphatic heterocycles. The van der Waals surface area contributed by atoms with Gasteiger partial charge in [0.2, 0.25) is 0 Å². The molecule has 0 heterocycles. The summed E-state index contributed by atoms with van der Waals surface area (Å²) >= 11 is 2.74. The molecule has 0 aliphatic carbocycles. The standard InChI is InChI=1S/C16H26O8S2/c1-11(15(19)20)9-25-7-3-13(17)23-5-6-24-14(18)4-8-26-10-12(2)16(21)22/h11-12H,3-10H2,1-2H3,(H,19,20)(H,21,22). The van der Waals surface area contributed by atoms with Crippen LogP contribution in [0, 0.1) is 11.8 Å². The maximum Gasteiger partial charge on any atom is 0.307 e. The minimum Gasteiger partial charge on any atom is -0.481 e. The smallest absolute Gasteiger partial charge is 0.307 e. The molecule has 0 aromatic carbocycles. The average molecular weight is 411 g/mol. The molecule has 0 bridgehead atoms. The fraction of sp³-hybridized carbons (Fsp3) is 0.750. The summed E-state index contributed by atoms with van der Waals surface area (Å²) in [5.74, 6) is -1.67. The molecule has 0 amide bonds. The van der Waals surface area contributed by atoms with Crippen molar-refractivity contribution in [3.63, 3.8) is 0 Å². The molecule has 26 heavy (non-hydrogen) atoms. The number of thioether (sulfide) groups is 2. The van der Waals surface area contributed by atoms with Crippen LogP contribution in [0.2, 0.25) is 0 Å². The summed E-state index contributed by atoms with van der Waals surface area (Å²) in [5.41, 5.74) is 0. The third-order valence-electron chi connectivity index (χ3n) is 3.09. The highest BCUT2D eigenvalue weighted by atomic mass is 32.2. The van der Waals surface area contributed by atoms with E-state index in [9.17, 15) is 19.2 Å². The summed E-state index contributed by atoms with van der Waals surface area (Å²) in [6, 6.07) is 0. The van der Waals surface area contributed by atoms with Gasteiger partial charge in [0.1, 0.15) is 13.2 Å². The summed E-state index contributed by atoms with van der Waals surface area (Å²) in [5, 5.41) is 17.4. The van der Waals surface area contributed by atoms with Crippen molar-refractivity contribution in [1.29, 1.82) is 0 Å². The van der Waals surface area contributed by atoms with Crippen molar-refractivity contribution in [1.82, 2.24) is 0 Å². The average Bonchev–Trinajstić information content (AvgIpc) is 2.58. The Morgan fingerprint density at radius 3 is 1.42 bits per heavy atom. The van der Waals surface area contributed by atoms with Gasteiger partial charge in [-0.25, -0.2) is 0 Å². The van der Waals surface area contributed by atoms with E-state index in [2.05, 4.69) is 0 Å². The van der Waals surface area contributed by atoms with E-state index in [0.717, 1.165) is 0 Å². The molecular weight excluding hydrogens is 384 g/mol. The van der Waals surface area contributed by atoms with Crippen molar-refractivity contribution in [3.05, 3.63) is 0 Å². The quantitative estimate of drug-likeness (QED) is 0.304. The number of hydrogen-bond acceptors (Lipinski definition) is 8. The Morgan fingerprint density at radius 1 is 0.769 bits per heavy atom. The van der Waals surface area contributed by atoms with E-state index < -0.39 is 35.7 Å². The fourth-order valence-corrected chi connectivity index (χ4v) is 3.38. The molecule has 150 valence electrons. The minimum atomic E-state index is -0.864. The summed E-state index contributed by atoms with van der Waals surface area (Å²) in [6.07, 6.45) is 0.340. The molecule has 0 fully saturated rings. The highest BCUT2D eigenvalue weighted by Gasteiger charge is 2.12. The first-order valence-corrected chi connectivity index (χ1v) is 10.5. The molecule has 0 aromatic rings. The number of hydrogen-bond donors (Lipinski definition) is 2. The lowest BCUT2D eigenvalue weighted by Crippen LogP contribution is -2.16. The summed E-state index contributed by atoms with van der Waals surface area (Å²) in [4.78, 5) is 44.2. The van der Waals surface area contributed by atoms with Gasteiger partial charge in [-0.1, -0.05) is 13.8 Å². The largest absolute Gasteiger partial charge is 0.481 e. The molecule has 0 rings (SSSR count). The topological polar surface area (TPSA) is 127 Å². The van der Waals surface area contributed by atoms with Crippen molar-refractivity contribution in [2.24, 2.45) is 11.8 Å². The number of ether oxygens (including phenoxy) is 2. The lowest BCUT2D eigenvalue weighted by atomic mass is 10.2. The summed E-state index contributed by atoms with van der Waals surface area (Å²) < 4.78 is 9.83.